The Bertz CT molecular complexity index is 545. The third-order valence-corrected chi connectivity index (χ3v) is 4.76. The van der Waals surface area contributed by atoms with Crippen LogP contribution in [0, 0.1) is 20.2 Å². The van der Waals surface area contributed by atoms with E-state index in [0.717, 1.165) is 0 Å². The van der Waals surface area contributed by atoms with Gasteiger partial charge < -0.3 is 14.4 Å². The largest absolute Gasteiger partial charge is 0.461 e. The molecule has 0 saturated heterocycles. The lowest BCUT2D eigenvalue weighted by Crippen LogP contribution is -2.26. The smallest absolute Gasteiger partial charge is 0.338 e. The molecule has 1 rings (SSSR count). The monoisotopic (exact) mass is 378 g/mol. The number of esters is 1. The van der Waals surface area contributed by atoms with Crippen LogP contribution in [0.4, 0.5) is 0 Å². The molecule has 0 amide bonds. The average molecular weight is 378 g/mol. The van der Waals surface area contributed by atoms with Gasteiger partial charge in [0.15, 0.2) is 0 Å². The SMILES string of the molecule is O=C(OCCSSCC(CO[N+](=O)[O-])O[N+](=O)[O-])c1ccccc1. The van der Waals surface area contributed by atoms with E-state index in [9.17, 15) is 25.0 Å². The van der Waals surface area contributed by atoms with Crippen molar-refractivity contribution in [3.63, 3.8) is 0 Å². The van der Waals surface area contributed by atoms with Crippen molar-refractivity contribution in [2.24, 2.45) is 0 Å². The second-order valence-corrected chi connectivity index (χ2v) is 6.71. The zero-order valence-electron chi connectivity index (χ0n) is 12.3. The van der Waals surface area contributed by atoms with Gasteiger partial charge in [0.2, 0.25) is 0 Å². The standard InChI is InChI=1S/C12H14N2O8S2/c15-12(10-4-2-1-3-5-10)20-6-7-23-24-9-11(22-14(18)19)8-21-13(16)17/h1-5,11H,6-9H2. The molecule has 0 spiro atoms. The highest BCUT2D eigenvalue weighted by molar-refractivity contribution is 8.76. The number of benzene rings is 1. The fourth-order valence-corrected chi connectivity index (χ4v) is 3.36. The number of hydrogen-bond acceptors (Lipinski definition) is 10. The van der Waals surface area contributed by atoms with Crippen molar-refractivity contribution in [2.45, 2.75) is 6.10 Å². The number of nitrogens with zero attached hydrogens (tertiary/aromatic N) is 2. The Labute approximate surface area is 144 Å². The van der Waals surface area contributed by atoms with Gasteiger partial charge in [-0.1, -0.05) is 39.8 Å². The van der Waals surface area contributed by atoms with Gasteiger partial charge >= 0.3 is 5.97 Å². The minimum Gasteiger partial charge on any atom is -0.461 e. The van der Waals surface area contributed by atoms with E-state index in [1.165, 1.54) is 21.6 Å². The minimum atomic E-state index is -1.06. The topological polar surface area (TPSA) is 131 Å². The van der Waals surface area contributed by atoms with Crippen LogP contribution in [0.1, 0.15) is 10.4 Å². The Hall–Kier alpha value is -2.21. The normalized spacial score (nSPS) is 11.3. The van der Waals surface area contributed by atoms with E-state index < -0.39 is 28.9 Å². The van der Waals surface area contributed by atoms with Crippen molar-refractivity contribution in [3.8, 4) is 0 Å². The maximum Gasteiger partial charge on any atom is 0.338 e. The molecule has 10 nitrogen and oxygen atoms in total. The molecule has 1 atom stereocenters. The van der Waals surface area contributed by atoms with E-state index >= 15 is 0 Å². The van der Waals surface area contributed by atoms with Crippen molar-refractivity contribution in [2.75, 3.05) is 24.7 Å². The van der Waals surface area contributed by atoms with E-state index in [-0.39, 0.29) is 12.4 Å². The van der Waals surface area contributed by atoms with E-state index in [1.807, 2.05) is 0 Å². The Morgan fingerprint density at radius 3 is 2.46 bits per heavy atom. The summed E-state index contributed by atoms with van der Waals surface area (Å²) in [6.45, 7) is -0.373. The summed E-state index contributed by atoms with van der Waals surface area (Å²) < 4.78 is 5.05. The first-order valence-corrected chi connectivity index (χ1v) is 9.03. The molecule has 0 aliphatic rings. The van der Waals surface area contributed by atoms with Crippen LogP contribution >= 0.6 is 21.6 Å². The van der Waals surface area contributed by atoms with Gasteiger partial charge in [0, 0.05) is 11.5 Å². The lowest BCUT2D eigenvalue weighted by molar-refractivity contribution is -0.788. The molecule has 0 aliphatic heterocycles. The van der Waals surface area contributed by atoms with Crippen molar-refractivity contribution in [1.29, 1.82) is 0 Å². The summed E-state index contributed by atoms with van der Waals surface area (Å²) in [5, 5.41) is 18.3. The van der Waals surface area contributed by atoms with Crippen molar-refractivity contribution >= 4 is 27.6 Å². The predicted octanol–water partition coefficient (Wildman–Crippen LogP) is 2.01. The van der Waals surface area contributed by atoms with Crippen molar-refractivity contribution in [1.82, 2.24) is 0 Å². The van der Waals surface area contributed by atoms with Crippen LogP contribution in [-0.2, 0) is 14.4 Å². The van der Waals surface area contributed by atoms with Crippen LogP contribution in [0.2, 0.25) is 0 Å². The summed E-state index contributed by atoms with van der Waals surface area (Å²) in [7, 11) is 2.49. The number of carbonyl (C=O) groups is 1. The summed E-state index contributed by atoms with van der Waals surface area (Å²) in [5.74, 6) is 0.117. The van der Waals surface area contributed by atoms with Gasteiger partial charge in [0.25, 0.3) is 10.2 Å². The fraction of sp³-hybridized carbons (Fsp3) is 0.417. The molecule has 0 saturated carbocycles. The second kappa shape index (κ2) is 11.3. The van der Waals surface area contributed by atoms with Gasteiger partial charge in [0.1, 0.15) is 19.3 Å². The molecule has 1 unspecified atom stereocenters. The first kappa shape index (κ1) is 19.8. The van der Waals surface area contributed by atoms with Crippen LogP contribution in [0.5, 0.6) is 0 Å². The molecule has 12 heteroatoms. The summed E-state index contributed by atoms with van der Waals surface area (Å²) in [4.78, 5) is 40.3. The zero-order chi connectivity index (χ0) is 17.8. The molecular formula is C12H14N2O8S2. The zero-order valence-corrected chi connectivity index (χ0v) is 13.9. The van der Waals surface area contributed by atoms with Crippen molar-refractivity contribution in [3.05, 3.63) is 56.1 Å². The maximum atomic E-state index is 11.6. The first-order chi connectivity index (χ1) is 11.5. The minimum absolute atomic E-state index is 0.103. The maximum absolute atomic E-state index is 11.6. The summed E-state index contributed by atoms with van der Waals surface area (Å²) in [5.41, 5.74) is 0.450. The molecule has 0 heterocycles. The number of rotatable bonds is 12. The van der Waals surface area contributed by atoms with Gasteiger partial charge in [-0.3, -0.25) is 0 Å². The molecule has 1 aromatic rings. The molecule has 24 heavy (non-hydrogen) atoms. The fourth-order valence-electron chi connectivity index (χ4n) is 1.38. The molecule has 0 N–H and O–H groups in total. The number of ether oxygens (including phenoxy) is 1. The molecule has 0 radical (unpaired) electrons. The highest BCUT2D eigenvalue weighted by Crippen LogP contribution is 2.23. The van der Waals surface area contributed by atoms with E-state index in [2.05, 4.69) is 9.68 Å². The predicted molar refractivity (Wildman–Crippen MR) is 86.5 cm³/mol. The van der Waals surface area contributed by atoms with Crippen LogP contribution in [0.15, 0.2) is 30.3 Å². The molecule has 0 bridgehead atoms. The Morgan fingerprint density at radius 2 is 1.83 bits per heavy atom. The third-order valence-electron chi connectivity index (χ3n) is 2.35. The average Bonchev–Trinajstić information content (AvgIpc) is 2.55. The molecule has 0 aromatic heterocycles. The Kier molecular flexibility index (Phi) is 9.38. The van der Waals surface area contributed by atoms with Gasteiger partial charge in [-0.2, -0.15) is 0 Å². The van der Waals surface area contributed by atoms with Gasteiger partial charge in [-0.25, -0.2) is 4.79 Å². The van der Waals surface area contributed by atoms with E-state index in [4.69, 9.17) is 4.74 Å². The van der Waals surface area contributed by atoms with E-state index in [1.54, 1.807) is 30.3 Å². The van der Waals surface area contributed by atoms with E-state index in [0.29, 0.717) is 11.3 Å². The van der Waals surface area contributed by atoms with Crippen LogP contribution in [0.3, 0.4) is 0 Å². The molecule has 0 aliphatic carbocycles. The summed E-state index contributed by atoms with van der Waals surface area (Å²) in [6.07, 6.45) is -1.06. The third kappa shape index (κ3) is 9.05. The molecular weight excluding hydrogens is 364 g/mol. The van der Waals surface area contributed by atoms with Crippen molar-refractivity contribution < 1.29 is 29.4 Å². The van der Waals surface area contributed by atoms with Crippen LogP contribution in [-0.4, -0.2) is 47.0 Å². The molecule has 1 aromatic carbocycles. The second-order valence-electron chi connectivity index (χ2n) is 4.08. The van der Waals surface area contributed by atoms with Gasteiger partial charge in [-0.05, 0) is 12.1 Å². The van der Waals surface area contributed by atoms with Crippen LogP contribution in [0.25, 0.3) is 0 Å². The number of carbonyl (C=O) groups excluding carboxylic acids is 1. The van der Waals surface area contributed by atoms with Crippen LogP contribution < -0.4 is 0 Å². The number of hydrogen-bond donors (Lipinski definition) is 0. The highest BCUT2D eigenvalue weighted by atomic mass is 33.1. The summed E-state index contributed by atoms with van der Waals surface area (Å²) >= 11 is 0. The lowest BCUT2D eigenvalue weighted by Gasteiger charge is -2.12. The summed E-state index contributed by atoms with van der Waals surface area (Å²) in [6, 6.07) is 8.51. The lowest BCUT2D eigenvalue weighted by atomic mass is 10.2. The Morgan fingerprint density at radius 1 is 1.12 bits per heavy atom. The first-order valence-electron chi connectivity index (χ1n) is 6.54. The Balaban J connectivity index is 2.17. The molecule has 132 valence electrons. The molecule has 0 fully saturated rings. The van der Waals surface area contributed by atoms with Gasteiger partial charge in [-0.15, -0.1) is 20.2 Å². The van der Waals surface area contributed by atoms with Gasteiger partial charge in [0.05, 0.1) is 5.56 Å². The quantitative estimate of drug-likeness (QED) is 0.175. The highest BCUT2D eigenvalue weighted by Gasteiger charge is 2.16.